The van der Waals surface area contributed by atoms with Gasteiger partial charge in [0, 0.05) is 24.0 Å². The number of aromatic nitrogens is 4. The Morgan fingerprint density at radius 1 is 1.17 bits per heavy atom. The number of hydrogen-bond donors (Lipinski definition) is 2. The van der Waals surface area contributed by atoms with Crippen LogP contribution in [0.3, 0.4) is 0 Å². The van der Waals surface area contributed by atoms with Crippen molar-refractivity contribution in [1.82, 2.24) is 25.5 Å². The van der Waals surface area contributed by atoms with E-state index in [9.17, 15) is 0 Å². The number of nitrogens with zero attached hydrogens (tertiary/aromatic N) is 3. The van der Waals surface area contributed by atoms with Crippen LogP contribution in [0.5, 0.6) is 0 Å². The lowest BCUT2D eigenvalue weighted by Gasteiger charge is -2.23. The predicted octanol–water partition coefficient (Wildman–Crippen LogP) is 1.64. The van der Waals surface area contributed by atoms with Crippen LogP contribution in [0.4, 0.5) is 0 Å². The minimum absolute atomic E-state index is 0.493. The Morgan fingerprint density at radius 3 is 2.67 bits per heavy atom. The van der Waals surface area contributed by atoms with Gasteiger partial charge in [0.15, 0.2) is 0 Å². The summed E-state index contributed by atoms with van der Waals surface area (Å²) in [6, 6.07) is 2.02. The maximum atomic E-state index is 4.54. The number of aryl methyl sites for hydroxylation is 1. The van der Waals surface area contributed by atoms with Gasteiger partial charge >= 0.3 is 0 Å². The Balaban J connectivity index is 1.99. The van der Waals surface area contributed by atoms with Gasteiger partial charge < -0.3 is 5.32 Å². The summed E-state index contributed by atoms with van der Waals surface area (Å²) in [7, 11) is 0. The topological polar surface area (TPSA) is 66.5 Å². The SMILES string of the molecule is Cc1cc(-c2nccnc2C2CCNCC2)n[nH]1. The fourth-order valence-electron chi connectivity index (χ4n) is 2.48. The summed E-state index contributed by atoms with van der Waals surface area (Å²) < 4.78 is 0. The highest BCUT2D eigenvalue weighted by Gasteiger charge is 2.21. The van der Waals surface area contributed by atoms with E-state index in [1.54, 1.807) is 12.4 Å². The van der Waals surface area contributed by atoms with E-state index in [-0.39, 0.29) is 0 Å². The quantitative estimate of drug-likeness (QED) is 0.841. The maximum Gasteiger partial charge on any atom is 0.113 e. The zero-order valence-corrected chi connectivity index (χ0v) is 10.5. The van der Waals surface area contributed by atoms with E-state index in [2.05, 4.69) is 25.5 Å². The fraction of sp³-hybridized carbons (Fsp3) is 0.462. The van der Waals surface area contributed by atoms with Gasteiger partial charge in [-0.05, 0) is 38.9 Å². The van der Waals surface area contributed by atoms with Crippen molar-refractivity contribution in [1.29, 1.82) is 0 Å². The molecule has 1 aliphatic heterocycles. The molecular formula is C13H17N5. The molecule has 5 nitrogen and oxygen atoms in total. The summed E-state index contributed by atoms with van der Waals surface area (Å²) in [4.78, 5) is 9.02. The average molecular weight is 243 g/mol. The molecule has 94 valence electrons. The predicted molar refractivity (Wildman–Crippen MR) is 69.2 cm³/mol. The Labute approximate surface area is 106 Å². The zero-order chi connectivity index (χ0) is 12.4. The second-order valence-electron chi connectivity index (χ2n) is 4.75. The van der Waals surface area contributed by atoms with Gasteiger partial charge in [-0.15, -0.1) is 0 Å². The monoisotopic (exact) mass is 243 g/mol. The standard InChI is InChI=1S/C13H17N5/c1-9-8-11(18-17-9)13-12(15-6-7-16-13)10-2-4-14-5-3-10/h6-8,10,14H,2-5H2,1H3,(H,17,18). The number of H-pyrrole nitrogens is 1. The molecule has 0 spiro atoms. The van der Waals surface area contributed by atoms with E-state index in [4.69, 9.17) is 0 Å². The third kappa shape index (κ3) is 2.13. The number of piperidine rings is 1. The summed E-state index contributed by atoms with van der Waals surface area (Å²) in [6.45, 7) is 4.11. The molecule has 0 aromatic carbocycles. The van der Waals surface area contributed by atoms with Crippen LogP contribution < -0.4 is 5.32 Å². The Hall–Kier alpha value is -1.75. The molecule has 18 heavy (non-hydrogen) atoms. The first-order valence-corrected chi connectivity index (χ1v) is 6.38. The highest BCUT2D eigenvalue weighted by Crippen LogP contribution is 2.30. The largest absolute Gasteiger partial charge is 0.317 e. The lowest BCUT2D eigenvalue weighted by atomic mass is 9.92. The average Bonchev–Trinajstić information content (AvgIpc) is 2.86. The molecule has 2 aromatic heterocycles. The summed E-state index contributed by atoms with van der Waals surface area (Å²) in [5.74, 6) is 0.493. The van der Waals surface area contributed by atoms with Crippen LogP contribution >= 0.6 is 0 Å². The van der Waals surface area contributed by atoms with E-state index >= 15 is 0 Å². The van der Waals surface area contributed by atoms with Crippen molar-refractivity contribution < 1.29 is 0 Å². The van der Waals surface area contributed by atoms with E-state index in [1.165, 1.54) is 0 Å². The molecule has 1 aliphatic rings. The third-order valence-electron chi connectivity index (χ3n) is 3.40. The molecule has 5 heteroatoms. The van der Waals surface area contributed by atoms with Crippen LogP contribution in [-0.4, -0.2) is 33.3 Å². The highest BCUT2D eigenvalue weighted by atomic mass is 15.1. The molecular weight excluding hydrogens is 226 g/mol. The van der Waals surface area contributed by atoms with E-state index in [1.807, 2.05) is 13.0 Å². The van der Waals surface area contributed by atoms with Crippen molar-refractivity contribution in [3.05, 3.63) is 29.8 Å². The van der Waals surface area contributed by atoms with Gasteiger partial charge in [0.1, 0.15) is 11.4 Å². The van der Waals surface area contributed by atoms with Gasteiger partial charge in [-0.25, -0.2) is 0 Å². The first-order valence-electron chi connectivity index (χ1n) is 6.38. The minimum atomic E-state index is 0.493. The molecule has 0 saturated carbocycles. The molecule has 0 atom stereocenters. The van der Waals surface area contributed by atoms with E-state index < -0.39 is 0 Å². The van der Waals surface area contributed by atoms with Gasteiger partial charge in [0.25, 0.3) is 0 Å². The minimum Gasteiger partial charge on any atom is -0.317 e. The molecule has 0 bridgehead atoms. The molecule has 3 rings (SSSR count). The zero-order valence-electron chi connectivity index (χ0n) is 10.5. The highest BCUT2D eigenvalue weighted by molar-refractivity contribution is 5.57. The van der Waals surface area contributed by atoms with E-state index in [0.29, 0.717) is 5.92 Å². The van der Waals surface area contributed by atoms with E-state index in [0.717, 1.165) is 48.7 Å². The summed E-state index contributed by atoms with van der Waals surface area (Å²) >= 11 is 0. The lowest BCUT2D eigenvalue weighted by molar-refractivity contribution is 0.453. The Bertz CT molecular complexity index is 528. The molecule has 1 fully saturated rings. The number of nitrogens with one attached hydrogen (secondary N) is 2. The molecule has 1 saturated heterocycles. The van der Waals surface area contributed by atoms with Crippen molar-refractivity contribution in [2.24, 2.45) is 0 Å². The Morgan fingerprint density at radius 2 is 1.94 bits per heavy atom. The van der Waals surface area contributed by atoms with Crippen molar-refractivity contribution in [2.45, 2.75) is 25.7 Å². The summed E-state index contributed by atoms with van der Waals surface area (Å²) in [6.07, 6.45) is 5.76. The van der Waals surface area contributed by atoms with Gasteiger partial charge in [0.2, 0.25) is 0 Å². The first-order chi connectivity index (χ1) is 8.84. The second kappa shape index (κ2) is 4.86. The smallest absolute Gasteiger partial charge is 0.113 e. The molecule has 0 radical (unpaired) electrons. The van der Waals surface area contributed by atoms with Crippen molar-refractivity contribution in [3.63, 3.8) is 0 Å². The third-order valence-corrected chi connectivity index (χ3v) is 3.40. The lowest BCUT2D eigenvalue weighted by Crippen LogP contribution is -2.27. The first kappa shape index (κ1) is 11.3. The van der Waals surface area contributed by atoms with Crippen LogP contribution in [0.15, 0.2) is 18.5 Å². The van der Waals surface area contributed by atoms with Gasteiger partial charge in [-0.2, -0.15) is 5.10 Å². The molecule has 3 heterocycles. The molecule has 0 unspecified atom stereocenters. The van der Waals surface area contributed by atoms with Crippen LogP contribution in [0, 0.1) is 6.92 Å². The van der Waals surface area contributed by atoms with Crippen LogP contribution in [-0.2, 0) is 0 Å². The number of hydrogen-bond acceptors (Lipinski definition) is 4. The van der Waals surface area contributed by atoms with Crippen molar-refractivity contribution in [2.75, 3.05) is 13.1 Å². The summed E-state index contributed by atoms with van der Waals surface area (Å²) in [5.41, 5.74) is 3.96. The number of rotatable bonds is 2. The van der Waals surface area contributed by atoms with Gasteiger partial charge in [-0.1, -0.05) is 0 Å². The molecule has 2 N–H and O–H groups in total. The number of aromatic amines is 1. The molecule has 0 amide bonds. The van der Waals surface area contributed by atoms with Crippen molar-refractivity contribution >= 4 is 0 Å². The van der Waals surface area contributed by atoms with Gasteiger partial charge in [-0.3, -0.25) is 15.1 Å². The summed E-state index contributed by atoms with van der Waals surface area (Å²) in [5, 5.41) is 10.6. The van der Waals surface area contributed by atoms with Crippen molar-refractivity contribution in [3.8, 4) is 11.4 Å². The van der Waals surface area contributed by atoms with Crippen LogP contribution in [0.1, 0.15) is 30.1 Å². The Kier molecular flexibility index (Phi) is 3.06. The van der Waals surface area contributed by atoms with Crippen LogP contribution in [0.2, 0.25) is 0 Å². The van der Waals surface area contributed by atoms with Gasteiger partial charge in [0.05, 0.1) is 5.69 Å². The normalized spacial score (nSPS) is 16.9. The maximum absolute atomic E-state index is 4.54. The second-order valence-corrected chi connectivity index (χ2v) is 4.75. The molecule has 2 aromatic rings. The molecule has 0 aliphatic carbocycles. The van der Waals surface area contributed by atoms with Crippen LogP contribution in [0.25, 0.3) is 11.4 Å². The fourth-order valence-corrected chi connectivity index (χ4v) is 2.48.